The minimum Gasteiger partial charge on any atom is -0.461 e. The van der Waals surface area contributed by atoms with Crippen molar-refractivity contribution in [2.24, 2.45) is 0 Å². The lowest BCUT2D eigenvalue weighted by molar-refractivity contribution is 0.0367. The summed E-state index contributed by atoms with van der Waals surface area (Å²) in [6, 6.07) is 5.95. The highest BCUT2D eigenvalue weighted by atomic mass is 35.5. The van der Waals surface area contributed by atoms with Crippen molar-refractivity contribution in [3.8, 4) is 17.1 Å². The summed E-state index contributed by atoms with van der Waals surface area (Å²) in [5, 5.41) is 12.6. The second-order valence-electron chi connectivity index (χ2n) is 13.3. The fourth-order valence-electron chi connectivity index (χ4n) is 8.25. The first-order chi connectivity index (χ1) is 21.1. The largest absolute Gasteiger partial charge is 0.461 e. The highest BCUT2D eigenvalue weighted by molar-refractivity contribution is 6.35. The molecule has 2 bridgehead atoms. The van der Waals surface area contributed by atoms with Crippen LogP contribution in [-0.4, -0.2) is 87.6 Å². The molecule has 6 heterocycles. The molecule has 0 saturated carbocycles. The van der Waals surface area contributed by atoms with Gasteiger partial charge < -0.3 is 15.0 Å². The van der Waals surface area contributed by atoms with Crippen LogP contribution in [0.3, 0.4) is 0 Å². The Morgan fingerprint density at radius 2 is 2.00 bits per heavy atom. The Bertz CT molecular complexity index is 1780. The molecule has 2 N–H and O–H groups in total. The summed E-state index contributed by atoms with van der Waals surface area (Å²) in [6.45, 7) is 6.31. The van der Waals surface area contributed by atoms with Gasteiger partial charge in [0.05, 0.1) is 28.3 Å². The van der Waals surface area contributed by atoms with Gasteiger partial charge in [-0.15, -0.1) is 0 Å². The van der Waals surface area contributed by atoms with E-state index >= 15 is 0 Å². The van der Waals surface area contributed by atoms with Gasteiger partial charge >= 0.3 is 6.01 Å². The molecule has 0 spiro atoms. The minimum absolute atomic E-state index is 0.0721. The Hall–Kier alpha value is -3.15. The molecule has 12 heteroatoms. The highest BCUT2D eigenvalue weighted by Gasteiger charge is 2.52. The van der Waals surface area contributed by atoms with E-state index in [1.165, 1.54) is 0 Å². The van der Waals surface area contributed by atoms with E-state index in [1.54, 1.807) is 6.20 Å². The summed E-state index contributed by atoms with van der Waals surface area (Å²) in [6.07, 6.45) is 1.76. The van der Waals surface area contributed by atoms with Crippen molar-refractivity contribution in [3.05, 3.63) is 40.5 Å². The maximum absolute atomic E-state index is 14.5. The minimum atomic E-state index is -2.51. The average molecular weight is 626 g/mol. The fraction of sp³-hybridized carbons (Fsp3) is 0.531. The number of anilines is 1. The third-order valence-corrected chi connectivity index (χ3v) is 10.9. The number of halogens is 4. The second-order valence-corrected chi connectivity index (χ2v) is 13.7. The first-order valence-electron chi connectivity index (χ1n) is 15.4. The normalized spacial score (nSPS) is 28.6. The molecule has 4 aliphatic heterocycles. The third-order valence-electron chi connectivity index (χ3n) is 10.6. The predicted octanol–water partition coefficient (Wildman–Crippen LogP) is 5.97. The number of H-pyrrole nitrogens is 1. The second kappa shape index (κ2) is 10.2. The lowest BCUT2D eigenvalue weighted by Gasteiger charge is -2.41. The van der Waals surface area contributed by atoms with E-state index in [1.807, 2.05) is 17.0 Å². The van der Waals surface area contributed by atoms with E-state index in [2.05, 4.69) is 40.3 Å². The number of alkyl halides is 3. The van der Waals surface area contributed by atoms with Crippen LogP contribution < -0.4 is 15.0 Å². The molecule has 44 heavy (non-hydrogen) atoms. The van der Waals surface area contributed by atoms with Crippen molar-refractivity contribution in [1.29, 1.82) is 0 Å². The quantitative estimate of drug-likeness (QED) is 0.273. The van der Waals surface area contributed by atoms with Gasteiger partial charge in [-0.25, -0.2) is 13.2 Å². The molecule has 4 saturated heterocycles. The summed E-state index contributed by atoms with van der Waals surface area (Å²) >= 11 is 7.04. The van der Waals surface area contributed by atoms with Gasteiger partial charge in [0.15, 0.2) is 0 Å². The van der Waals surface area contributed by atoms with E-state index in [-0.39, 0.29) is 30.7 Å². The van der Waals surface area contributed by atoms with Crippen LogP contribution in [0.1, 0.15) is 43.2 Å². The number of nitrogens with one attached hydrogen (secondary N) is 2. The van der Waals surface area contributed by atoms with E-state index in [0.29, 0.717) is 54.1 Å². The fourth-order valence-corrected chi connectivity index (χ4v) is 8.51. The predicted molar refractivity (Wildman–Crippen MR) is 165 cm³/mol. The monoisotopic (exact) mass is 625 g/mol. The standard InChI is InChI=1S/C32H35ClF3N7O/c1-17-8-26-23(12-37-41-26)27(18(17)2)21-10-25-22(9-24(21)33)28(42-14-20-4-6-32(15-42,40-20)29(35)36)39-30(38-25)44-16-31-5-3-7-43(31)13-19(34)11-31/h8-10,12,19-20,29,40H,3-7,11,13-16H2,1-2H3,(H,37,41). The Morgan fingerprint density at radius 3 is 2.84 bits per heavy atom. The van der Waals surface area contributed by atoms with Crippen molar-refractivity contribution >= 4 is 39.2 Å². The van der Waals surface area contributed by atoms with Gasteiger partial charge in [-0.05, 0) is 81.0 Å². The van der Waals surface area contributed by atoms with Crippen LogP contribution in [-0.2, 0) is 0 Å². The first kappa shape index (κ1) is 28.3. The van der Waals surface area contributed by atoms with E-state index in [9.17, 15) is 13.2 Å². The zero-order valence-electron chi connectivity index (χ0n) is 24.8. The number of hydrogen-bond acceptors (Lipinski definition) is 7. The van der Waals surface area contributed by atoms with Crippen LogP contribution in [0.4, 0.5) is 19.0 Å². The lowest BCUT2D eigenvalue weighted by Crippen LogP contribution is -2.63. The Labute approximate surface area is 258 Å². The number of ether oxygens (including phenoxy) is 1. The van der Waals surface area contributed by atoms with E-state index in [0.717, 1.165) is 52.5 Å². The highest BCUT2D eigenvalue weighted by Crippen LogP contribution is 2.44. The smallest absolute Gasteiger partial charge is 0.319 e. The van der Waals surface area contributed by atoms with Crippen LogP contribution in [0.25, 0.3) is 32.9 Å². The molecule has 0 aliphatic carbocycles. The number of aryl methyl sites for hydroxylation is 1. The zero-order valence-corrected chi connectivity index (χ0v) is 25.5. The molecule has 2 aromatic heterocycles. The van der Waals surface area contributed by atoms with Gasteiger partial charge in [0.1, 0.15) is 18.6 Å². The number of nitrogens with zero attached hydrogens (tertiary/aromatic N) is 5. The van der Waals surface area contributed by atoms with Crippen LogP contribution in [0, 0.1) is 13.8 Å². The summed E-state index contributed by atoms with van der Waals surface area (Å²) < 4.78 is 49.6. The molecule has 4 aliphatic rings. The van der Waals surface area contributed by atoms with E-state index in [4.69, 9.17) is 26.3 Å². The van der Waals surface area contributed by atoms with E-state index < -0.39 is 18.1 Å². The molecule has 0 radical (unpaired) electrons. The number of benzene rings is 2. The van der Waals surface area contributed by atoms with Crippen LogP contribution in [0.5, 0.6) is 6.01 Å². The van der Waals surface area contributed by atoms with Gasteiger partial charge in [-0.1, -0.05) is 11.6 Å². The maximum atomic E-state index is 14.5. The first-order valence-corrected chi connectivity index (χ1v) is 15.8. The third kappa shape index (κ3) is 4.37. The summed E-state index contributed by atoms with van der Waals surface area (Å²) in [7, 11) is 0. The molecule has 2 aromatic carbocycles. The van der Waals surface area contributed by atoms with Crippen molar-refractivity contribution in [3.63, 3.8) is 0 Å². The number of aromatic amines is 1. The Kier molecular flexibility index (Phi) is 6.56. The average Bonchev–Trinajstić information content (AvgIpc) is 3.75. The van der Waals surface area contributed by atoms with Crippen molar-refractivity contribution in [1.82, 2.24) is 30.4 Å². The van der Waals surface area contributed by atoms with Gasteiger partial charge in [0.2, 0.25) is 0 Å². The molecule has 232 valence electrons. The van der Waals surface area contributed by atoms with Crippen LogP contribution in [0.15, 0.2) is 24.4 Å². The molecule has 8 nitrogen and oxygen atoms in total. The van der Waals surface area contributed by atoms with Crippen molar-refractivity contribution in [2.45, 2.75) is 75.7 Å². The zero-order chi connectivity index (χ0) is 30.4. The number of fused-ring (bicyclic) bond motifs is 5. The molecule has 4 atom stereocenters. The van der Waals surface area contributed by atoms with Crippen LogP contribution in [0.2, 0.25) is 5.02 Å². The molecule has 4 fully saturated rings. The Morgan fingerprint density at radius 1 is 1.14 bits per heavy atom. The summed E-state index contributed by atoms with van der Waals surface area (Å²) in [4.78, 5) is 13.8. The van der Waals surface area contributed by atoms with Crippen LogP contribution >= 0.6 is 11.6 Å². The van der Waals surface area contributed by atoms with Gasteiger partial charge in [0, 0.05) is 53.5 Å². The topological polar surface area (TPSA) is 82.2 Å². The van der Waals surface area contributed by atoms with Crippen molar-refractivity contribution in [2.75, 3.05) is 37.7 Å². The summed E-state index contributed by atoms with van der Waals surface area (Å²) in [5.74, 6) is 0.530. The lowest BCUT2D eigenvalue weighted by atomic mass is 9.93. The number of rotatable bonds is 6. The van der Waals surface area contributed by atoms with Gasteiger partial charge in [0.25, 0.3) is 6.43 Å². The molecule has 0 amide bonds. The molecule has 4 aromatic rings. The number of aromatic nitrogens is 4. The SMILES string of the molecule is Cc1cc2[nH]ncc2c(-c2cc3nc(OCC45CCCN4CC(F)C5)nc(N4CC5CCC(C(F)F)(C4)N5)c3cc2Cl)c1C. The Balaban J connectivity index is 1.26. The van der Waals surface area contributed by atoms with Crippen molar-refractivity contribution < 1.29 is 17.9 Å². The molecular formula is C32H35ClF3N7O. The molecule has 4 unspecified atom stereocenters. The number of piperazine rings is 1. The number of hydrogen-bond donors (Lipinski definition) is 2. The van der Waals surface area contributed by atoms with Gasteiger partial charge in [-0.3, -0.25) is 10.00 Å². The maximum Gasteiger partial charge on any atom is 0.319 e. The summed E-state index contributed by atoms with van der Waals surface area (Å²) in [5.41, 5.74) is 3.77. The molecule has 8 rings (SSSR count). The molecular weight excluding hydrogens is 591 g/mol. The van der Waals surface area contributed by atoms with Gasteiger partial charge in [-0.2, -0.15) is 15.1 Å².